The molecule has 160 valence electrons. The summed E-state index contributed by atoms with van der Waals surface area (Å²) in [4.78, 5) is 17.8. The van der Waals surface area contributed by atoms with Gasteiger partial charge in [0.2, 0.25) is 5.91 Å². The maximum Gasteiger partial charge on any atom is 0.406 e. The first-order valence-corrected chi connectivity index (χ1v) is 10.3. The highest BCUT2D eigenvalue weighted by Gasteiger charge is 2.61. The number of benzene rings is 1. The summed E-state index contributed by atoms with van der Waals surface area (Å²) >= 11 is 6.10. The number of halogens is 5. The van der Waals surface area contributed by atoms with Crippen molar-refractivity contribution in [1.29, 1.82) is 0 Å². The number of imidazole rings is 1. The van der Waals surface area contributed by atoms with Gasteiger partial charge >= 0.3 is 6.18 Å². The van der Waals surface area contributed by atoms with Crippen LogP contribution in [0.1, 0.15) is 47.8 Å². The van der Waals surface area contributed by atoms with Gasteiger partial charge in [0.25, 0.3) is 0 Å². The van der Waals surface area contributed by atoms with Crippen LogP contribution < -0.4 is 4.90 Å². The van der Waals surface area contributed by atoms with Crippen molar-refractivity contribution in [3.8, 4) is 0 Å². The molecule has 3 aliphatic rings. The first kappa shape index (κ1) is 19.0. The van der Waals surface area contributed by atoms with E-state index in [0.717, 1.165) is 10.5 Å². The van der Waals surface area contributed by atoms with Gasteiger partial charge in [-0.1, -0.05) is 11.6 Å². The van der Waals surface area contributed by atoms with Crippen molar-refractivity contribution >= 4 is 28.8 Å². The molecular weight excluding hydrogens is 436 g/mol. The molecule has 3 heterocycles. The number of fused-ring (bicyclic) bond motifs is 3. The molecule has 0 saturated heterocycles. The first-order valence-electron chi connectivity index (χ1n) is 9.90. The first-order chi connectivity index (χ1) is 14.7. The van der Waals surface area contributed by atoms with E-state index in [-0.39, 0.29) is 22.7 Å². The highest BCUT2D eigenvalue weighted by atomic mass is 35.5. The minimum Gasteiger partial charge on any atom is -0.302 e. The number of rotatable bonds is 3. The van der Waals surface area contributed by atoms with Crippen molar-refractivity contribution in [1.82, 2.24) is 14.6 Å². The van der Waals surface area contributed by atoms with Gasteiger partial charge in [-0.2, -0.15) is 18.3 Å². The molecule has 2 atom stereocenters. The van der Waals surface area contributed by atoms with Crippen molar-refractivity contribution in [2.24, 2.45) is 0 Å². The molecule has 2 fully saturated rings. The zero-order valence-electron chi connectivity index (χ0n) is 16.0. The SMILES string of the molecule is O=C1N(CC(F)(F)F)c2cc([C@H]3C[C@@H]3c3cc(Cl)nn4ccnc34)c(F)cc2C12CC2. The van der Waals surface area contributed by atoms with Crippen molar-refractivity contribution in [2.75, 3.05) is 11.4 Å². The molecule has 0 bridgehead atoms. The molecule has 3 aromatic rings. The lowest BCUT2D eigenvalue weighted by molar-refractivity contribution is -0.132. The lowest BCUT2D eigenvalue weighted by Gasteiger charge is -2.20. The third kappa shape index (κ3) is 2.78. The van der Waals surface area contributed by atoms with E-state index in [1.54, 1.807) is 23.0 Å². The summed E-state index contributed by atoms with van der Waals surface area (Å²) in [6, 6.07) is 4.40. The summed E-state index contributed by atoms with van der Waals surface area (Å²) in [5.41, 5.74) is 1.33. The molecule has 1 aliphatic heterocycles. The Morgan fingerprint density at radius 3 is 2.61 bits per heavy atom. The summed E-state index contributed by atoms with van der Waals surface area (Å²) in [7, 11) is 0. The van der Waals surface area contributed by atoms with E-state index < -0.39 is 29.9 Å². The molecule has 0 radical (unpaired) electrons. The van der Waals surface area contributed by atoms with Gasteiger partial charge in [0, 0.05) is 23.6 Å². The standard InChI is InChI=1S/C21H15ClF4N4O/c22-17-7-13(18-27-3-4-30(18)28-17)11-5-10(11)12-6-16-14(8-15(12)23)20(1-2-20)19(31)29(16)9-21(24,25)26/h3-4,6-8,10-11H,1-2,5,9H2/t10-,11-/m0/s1. The smallest absolute Gasteiger partial charge is 0.302 e. The maximum absolute atomic E-state index is 15.1. The number of carbonyl (C=O) groups is 1. The molecule has 31 heavy (non-hydrogen) atoms. The molecule has 5 nitrogen and oxygen atoms in total. The van der Waals surface area contributed by atoms with E-state index in [2.05, 4.69) is 10.1 Å². The van der Waals surface area contributed by atoms with Crippen molar-refractivity contribution in [3.63, 3.8) is 0 Å². The number of hydrogen-bond donors (Lipinski definition) is 0. The molecule has 10 heteroatoms. The van der Waals surface area contributed by atoms with Gasteiger partial charge in [0.1, 0.15) is 17.5 Å². The Labute approximate surface area is 178 Å². The maximum atomic E-state index is 15.1. The molecule has 0 unspecified atom stereocenters. The van der Waals surface area contributed by atoms with Crippen LogP contribution in [-0.4, -0.2) is 33.2 Å². The van der Waals surface area contributed by atoms with E-state index >= 15 is 4.39 Å². The van der Waals surface area contributed by atoms with Crippen LogP contribution in [0.15, 0.2) is 30.6 Å². The fraction of sp³-hybridized carbons (Fsp3) is 0.381. The van der Waals surface area contributed by atoms with Crippen molar-refractivity contribution < 1.29 is 22.4 Å². The van der Waals surface area contributed by atoms with E-state index in [1.807, 2.05) is 0 Å². The predicted molar refractivity (Wildman–Crippen MR) is 104 cm³/mol. The second-order valence-electron chi connectivity index (χ2n) is 8.55. The summed E-state index contributed by atoms with van der Waals surface area (Å²) in [6.07, 6.45) is 0.219. The Morgan fingerprint density at radius 1 is 1.16 bits per heavy atom. The monoisotopic (exact) mass is 450 g/mol. The Kier molecular flexibility index (Phi) is 3.66. The third-order valence-electron chi connectivity index (χ3n) is 6.61. The van der Waals surface area contributed by atoms with Crippen LogP contribution in [0.3, 0.4) is 0 Å². The normalized spacial score (nSPS) is 23.6. The Balaban J connectivity index is 1.40. The third-order valence-corrected chi connectivity index (χ3v) is 6.80. The number of alkyl halides is 3. The van der Waals surface area contributed by atoms with Gasteiger partial charge in [0.05, 0.1) is 5.41 Å². The highest BCUT2D eigenvalue weighted by Crippen LogP contribution is 2.61. The van der Waals surface area contributed by atoms with Gasteiger partial charge in [-0.3, -0.25) is 4.79 Å². The Hall–Kier alpha value is -2.68. The molecule has 1 spiro atoms. The average Bonchev–Trinajstić information content (AvgIpc) is 3.59. The van der Waals surface area contributed by atoms with E-state index in [0.29, 0.717) is 36.0 Å². The van der Waals surface area contributed by atoms with Crippen LogP contribution in [0.4, 0.5) is 23.2 Å². The van der Waals surface area contributed by atoms with Gasteiger partial charge in [-0.05, 0) is 60.4 Å². The zero-order chi connectivity index (χ0) is 21.7. The minimum atomic E-state index is -4.54. The molecule has 2 saturated carbocycles. The molecule has 1 amide bonds. The number of nitrogens with zero attached hydrogens (tertiary/aromatic N) is 4. The molecule has 6 rings (SSSR count). The zero-order valence-corrected chi connectivity index (χ0v) is 16.7. The lowest BCUT2D eigenvalue weighted by Crippen LogP contribution is -2.39. The summed E-state index contributed by atoms with van der Waals surface area (Å²) in [6.45, 7) is -1.37. The quantitative estimate of drug-likeness (QED) is 0.542. The molecular formula is C21H15ClF4N4O. The molecule has 2 aliphatic carbocycles. The summed E-state index contributed by atoms with van der Waals surface area (Å²) < 4.78 is 56.1. The number of carbonyl (C=O) groups excluding carboxylic acids is 1. The minimum absolute atomic E-state index is 0.0824. The van der Waals surface area contributed by atoms with Crippen LogP contribution in [0, 0.1) is 5.82 Å². The molecule has 2 aromatic heterocycles. The summed E-state index contributed by atoms with van der Waals surface area (Å²) in [5, 5.41) is 4.42. The van der Waals surface area contributed by atoms with Crippen LogP contribution in [0.5, 0.6) is 0 Å². The lowest BCUT2D eigenvalue weighted by atomic mass is 9.94. The largest absolute Gasteiger partial charge is 0.406 e. The molecule has 1 aromatic carbocycles. The predicted octanol–water partition coefficient (Wildman–Crippen LogP) is 4.73. The number of amides is 1. The van der Waals surface area contributed by atoms with Gasteiger partial charge in [-0.25, -0.2) is 13.9 Å². The molecule has 0 N–H and O–H groups in total. The van der Waals surface area contributed by atoms with E-state index in [1.165, 1.54) is 12.1 Å². The van der Waals surface area contributed by atoms with Gasteiger partial charge < -0.3 is 4.90 Å². The fourth-order valence-corrected chi connectivity index (χ4v) is 5.16. The van der Waals surface area contributed by atoms with Crippen LogP contribution in [0.25, 0.3) is 5.65 Å². The van der Waals surface area contributed by atoms with Crippen molar-refractivity contribution in [3.05, 3.63) is 58.3 Å². The van der Waals surface area contributed by atoms with Crippen LogP contribution >= 0.6 is 11.6 Å². The number of aromatic nitrogens is 3. The van der Waals surface area contributed by atoms with Crippen LogP contribution in [-0.2, 0) is 10.2 Å². The second kappa shape index (κ2) is 5.97. The van der Waals surface area contributed by atoms with E-state index in [9.17, 15) is 18.0 Å². The van der Waals surface area contributed by atoms with Gasteiger partial charge in [-0.15, -0.1) is 0 Å². The van der Waals surface area contributed by atoms with Gasteiger partial charge in [0.15, 0.2) is 5.65 Å². The summed E-state index contributed by atoms with van der Waals surface area (Å²) in [5.74, 6) is -1.38. The Bertz CT molecular complexity index is 1270. The van der Waals surface area contributed by atoms with E-state index in [4.69, 9.17) is 11.6 Å². The van der Waals surface area contributed by atoms with Crippen LogP contribution in [0.2, 0.25) is 5.15 Å². The fourth-order valence-electron chi connectivity index (χ4n) is 4.96. The number of anilines is 1. The van der Waals surface area contributed by atoms with Crippen molar-refractivity contribution in [2.45, 2.75) is 42.7 Å². The topological polar surface area (TPSA) is 50.5 Å². The average molecular weight is 451 g/mol. The highest BCUT2D eigenvalue weighted by molar-refractivity contribution is 6.29. The Morgan fingerprint density at radius 2 is 1.90 bits per heavy atom. The number of hydrogen-bond acceptors (Lipinski definition) is 3. The second-order valence-corrected chi connectivity index (χ2v) is 8.93.